The first-order valence-electron chi connectivity index (χ1n) is 7.78. The molecule has 134 valence electrons. The second kappa shape index (κ2) is 8.96. The SMILES string of the molecule is NC(=NCc1ccc(OCC(F)(F)F)cc1)NCCc1ccccc1. The van der Waals surface area contributed by atoms with Crippen molar-refractivity contribution in [2.45, 2.75) is 19.1 Å². The number of guanidine groups is 1. The lowest BCUT2D eigenvalue weighted by Gasteiger charge is -2.09. The molecule has 0 aromatic heterocycles. The van der Waals surface area contributed by atoms with Crippen LogP contribution in [0.3, 0.4) is 0 Å². The van der Waals surface area contributed by atoms with Crippen LogP contribution in [-0.4, -0.2) is 25.3 Å². The lowest BCUT2D eigenvalue weighted by atomic mass is 10.1. The minimum atomic E-state index is -4.34. The summed E-state index contributed by atoms with van der Waals surface area (Å²) in [5, 5.41) is 3.03. The van der Waals surface area contributed by atoms with E-state index in [1.165, 1.54) is 17.7 Å². The molecule has 0 unspecified atom stereocenters. The number of benzene rings is 2. The van der Waals surface area contributed by atoms with Gasteiger partial charge in [0.25, 0.3) is 0 Å². The van der Waals surface area contributed by atoms with Gasteiger partial charge in [-0.1, -0.05) is 42.5 Å². The van der Waals surface area contributed by atoms with Crippen LogP contribution >= 0.6 is 0 Å². The van der Waals surface area contributed by atoms with Crippen LogP contribution in [0.5, 0.6) is 5.75 Å². The monoisotopic (exact) mass is 351 g/mol. The zero-order chi connectivity index (χ0) is 18.1. The van der Waals surface area contributed by atoms with Crippen molar-refractivity contribution in [3.05, 3.63) is 65.7 Å². The van der Waals surface area contributed by atoms with E-state index in [9.17, 15) is 13.2 Å². The molecule has 2 aromatic rings. The molecule has 25 heavy (non-hydrogen) atoms. The maximum absolute atomic E-state index is 12.1. The predicted molar refractivity (Wildman–Crippen MR) is 91.5 cm³/mol. The molecule has 0 atom stereocenters. The zero-order valence-electron chi connectivity index (χ0n) is 13.6. The summed E-state index contributed by atoms with van der Waals surface area (Å²) in [4.78, 5) is 4.20. The highest BCUT2D eigenvalue weighted by Gasteiger charge is 2.28. The number of alkyl halides is 3. The van der Waals surface area contributed by atoms with Gasteiger partial charge in [-0.15, -0.1) is 0 Å². The number of nitrogens with zero attached hydrogens (tertiary/aromatic N) is 1. The molecule has 0 fully saturated rings. The quantitative estimate of drug-likeness (QED) is 0.595. The van der Waals surface area contributed by atoms with Crippen LogP contribution in [0, 0.1) is 0 Å². The number of hydrogen-bond donors (Lipinski definition) is 2. The maximum Gasteiger partial charge on any atom is 0.422 e. The second-order valence-electron chi connectivity index (χ2n) is 5.41. The molecular formula is C18H20F3N3O. The predicted octanol–water partition coefficient (Wildman–Crippen LogP) is 3.27. The van der Waals surface area contributed by atoms with Crippen molar-refractivity contribution in [2.75, 3.05) is 13.2 Å². The molecule has 0 bridgehead atoms. The largest absolute Gasteiger partial charge is 0.484 e. The standard InChI is InChI=1S/C18H20F3N3O/c19-18(20,21)13-25-16-8-6-15(7-9-16)12-24-17(22)23-11-10-14-4-2-1-3-5-14/h1-9H,10-13H2,(H3,22,23,24). The number of nitrogens with two attached hydrogens (primary N) is 1. The maximum atomic E-state index is 12.1. The van der Waals surface area contributed by atoms with Crippen molar-refractivity contribution < 1.29 is 17.9 Å². The molecule has 2 aromatic carbocycles. The highest BCUT2D eigenvalue weighted by Crippen LogP contribution is 2.19. The summed E-state index contributed by atoms with van der Waals surface area (Å²) >= 11 is 0. The van der Waals surface area contributed by atoms with Crippen molar-refractivity contribution in [3.8, 4) is 5.75 Å². The van der Waals surface area contributed by atoms with Gasteiger partial charge in [-0.3, -0.25) is 0 Å². The summed E-state index contributed by atoms with van der Waals surface area (Å²) in [7, 11) is 0. The Morgan fingerprint density at radius 1 is 1.00 bits per heavy atom. The number of nitrogens with one attached hydrogen (secondary N) is 1. The van der Waals surface area contributed by atoms with Crippen molar-refractivity contribution in [1.82, 2.24) is 5.32 Å². The second-order valence-corrected chi connectivity index (χ2v) is 5.41. The van der Waals surface area contributed by atoms with E-state index in [2.05, 4.69) is 15.0 Å². The molecule has 4 nitrogen and oxygen atoms in total. The van der Waals surface area contributed by atoms with Gasteiger partial charge in [0.05, 0.1) is 6.54 Å². The van der Waals surface area contributed by atoms with E-state index in [1.807, 2.05) is 30.3 Å². The van der Waals surface area contributed by atoms with Gasteiger partial charge in [-0.05, 0) is 29.7 Å². The van der Waals surface area contributed by atoms with Crippen molar-refractivity contribution in [1.29, 1.82) is 0 Å². The summed E-state index contributed by atoms with van der Waals surface area (Å²) in [5.41, 5.74) is 7.83. The number of ether oxygens (including phenoxy) is 1. The van der Waals surface area contributed by atoms with E-state index in [-0.39, 0.29) is 5.75 Å². The van der Waals surface area contributed by atoms with E-state index in [4.69, 9.17) is 5.73 Å². The molecule has 3 N–H and O–H groups in total. The number of rotatable bonds is 7. The normalized spacial score (nSPS) is 12.0. The van der Waals surface area contributed by atoms with Gasteiger partial charge in [0.15, 0.2) is 12.6 Å². The van der Waals surface area contributed by atoms with Crippen LogP contribution in [0.1, 0.15) is 11.1 Å². The zero-order valence-corrected chi connectivity index (χ0v) is 13.6. The van der Waals surface area contributed by atoms with Gasteiger partial charge in [-0.25, -0.2) is 4.99 Å². The Labute approximate surface area is 144 Å². The molecular weight excluding hydrogens is 331 g/mol. The first kappa shape index (κ1) is 18.6. The van der Waals surface area contributed by atoms with Gasteiger partial charge in [0.2, 0.25) is 0 Å². The molecule has 7 heteroatoms. The van der Waals surface area contributed by atoms with Crippen LogP contribution in [0.25, 0.3) is 0 Å². The summed E-state index contributed by atoms with van der Waals surface area (Å²) in [6.45, 7) is -0.296. The Morgan fingerprint density at radius 3 is 2.32 bits per heavy atom. The molecule has 0 radical (unpaired) electrons. The third-order valence-electron chi connectivity index (χ3n) is 3.32. The minimum absolute atomic E-state index is 0.166. The van der Waals surface area contributed by atoms with Crippen LogP contribution in [0.4, 0.5) is 13.2 Å². The average molecular weight is 351 g/mol. The van der Waals surface area contributed by atoms with Crippen molar-refractivity contribution in [3.63, 3.8) is 0 Å². The molecule has 2 rings (SSSR count). The Hall–Kier alpha value is -2.70. The lowest BCUT2D eigenvalue weighted by Crippen LogP contribution is -2.33. The highest BCUT2D eigenvalue weighted by molar-refractivity contribution is 5.77. The average Bonchev–Trinajstić information content (AvgIpc) is 2.59. The van der Waals surface area contributed by atoms with Gasteiger partial charge >= 0.3 is 6.18 Å². The van der Waals surface area contributed by atoms with Gasteiger partial charge in [0, 0.05) is 6.54 Å². The van der Waals surface area contributed by atoms with E-state index in [0.717, 1.165) is 12.0 Å². The van der Waals surface area contributed by atoms with Crippen LogP contribution in [0.15, 0.2) is 59.6 Å². The topological polar surface area (TPSA) is 59.6 Å². The van der Waals surface area contributed by atoms with Crippen LogP contribution in [-0.2, 0) is 13.0 Å². The van der Waals surface area contributed by atoms with Crippen LogP contribution in [0.2, 0.25) is 0 Å². The summed E-state index contributed by atoms with van der Waals surface area (Å²) in [6.07, 6.45) is -3.51. The minimum Gasteiger partial charge on any atom is -0.484 e. The Kier molecular flexibility index (Phi) is 6.68. The fourth-order valence-corrected chi connectivity index (χ4v) is 2.07. The number of aliphatic imine (C=N–C) groups is 1. The molecule has 0 saturated carbocycles. The van der Waals surface area contributed by atoms with Gasteiger partial charge in [-0.2, -0.15) is 13.2 Å². The summed E-state index contributed by atoms with van der Waals surface area (Å²) < 4.78 is 40.9. The highest BCUT2D eigenvalue weighted by atomic mass is 19.4. The first-order valence-corrected chi connectivity index (χ1v) is 7.78. The molecule has 0 aliphatic heterocycles. The molecule has 0 amide bonds. The van der Waals surface area contributed by atoms with Gasteiger partial charge in [0.1, 0.15) is 5.75 Å². The Morgan fingerprint density at radius 2 is 1.68 bits per heavy atom. The van der Waals surface area contributed by atoms with Crippen molar-refractivity contribution in [2.24, 2.45) is 10.7 Å². The third kappa shape index (κ3) is 7.60. The smallest absolute Gasteiger partial charge is 0.422 e. The summed E-state index contributed by atoms with van der Waals surface area (Å²) in [6, 6.07) is 16.3. The first-order chi connectivity index (χ1) is 11.9. The van der Waals surface area contributed by atoms with E-state index in [1.54, 1.807) is 12.1 Å². The fourth-order valence-electron chi connectivity index (χ4n) is 2.07. The van der Waals surface area contributed by atoms with E-state index < -0.39 is 12.8 Å². The number of halogens is 3. The summed E-state index contributed by atoms with van der Waals surface area (Å²) in [5.74, 6) is 0.493. The molecule has 0 saturated heterocycles. The van der Waals surface area contributed by atoms with Gasteiger partial charge < -0.3 is 15.8 Å². The van der Waals surface area contributed by atoms with Crippen LogP contribution < -0.4 is 15.8 Å². The lowest BCUT2D eigenvalue weighted by molar-refractivity contribution is -0.153. The Bertz CT molecular complexity index is 670. The number of hydrogen-bond acceptors (Lipinski definition) is 2. The molecule has 0 spiro atoms. The Balaban J connectivity index is 1.74. The molecule has 0 heterocycles. The van der Waals surface area contributed by atoms with E-state index >= 15 is 0 Å². The molecule has 0 aliphatic rings. The molecule has 0 aliphatic carbocycles. The van der Waals surface area contributed by atoms with Crippen molar-refractivity contribution >= 4 is 5.96 Å². The fraction of sp³-hybridized carbons (Fsp3) is 0.278. The van der Waals surface area contributed by atoms with E-state index in [0.29, 0.717) is 19.0 Å². The third-order valence-corrected chi connectivity index (χ3v) is 3.32.